The van der Waals surface area contributed by atoms with Gasteiger partial charge in [0.15, 0.2) is 6.10 Å². The van der Waals surface area contributed by atoms with Crippen molar-refractivity contribution in [1.29, 1.82) is 0 Å². The van der Waals surface area contributed by atoms with Gasteiger partial charge in [0.1, 0.15) is 11.6 Å². The van der Waals surface area contributed by atoms with Crippen LogP contribution in [0.15, 0.2) is 24.3 Å². The first kappa shape index (κ1) is 14.5. The van der Waals surface area contributed by atoms with Gasteiger partial charge in [0.25, 0.3) is 5.91 Å². The Hall–Kier alpha value is -1.58. The highest BCUT2D eigenvalue weighted by atomic mass is 19.1. The third kappa shape index (κ3) is 5.17. The van der Waals surface area contributed by atoms with Crippen LogP contribution in [0.25, 0.3) is 0 Å². The van der Waals surface area contributed by atoms with Crippen LogP contribution in [0.5, 0.6) is 5.75 Å². The van der Waals surface area contributed by atoms with Crippen molar-refractivity contribution in [3.05, 3.63) is 30.1 Å². The summed E-state index contributed by atoms with van der Waals surface area (Å²) in [5.41, 5.74) is 0. The Morgan fingerprint density at radius 3 is 2.44 bits per heavy atom. The Labute approximate surface area is 107 Å². The fourth-order valence-electron chi connectivity index (χ4n) is 1.40. The van der Waals surface area contributed by atoms with Crippen LogP contribution < -0.4 is 10.1 Å². The molecular formula is C14H20FNO2. The van der Waals surface area contributed by atoms with Crippen molar-refractivity contribution in [2.24, 2.45) is 5.92 Å². The summed E-state index contributed by atoms with van der Waals surface area (Å²) in [6.45, 7) is 6.52. The molecule has 0 saturated carbocycles. The van der Waals surface area contributed by atoms with Crippen LogP contribution in [-0.4, -0.2) is 18.6 Å². The molecule has 1 N–H and O–H groups in total. The Balaban J connectivity index is 2.37. The SMILES string of the molecule is CC(C)CCNC(=O)[C@@H](C)Oc1ccc(F)cc1. The van der Waals surface area contributed by atoms with Gasteiger partial charge in [-0.05, 0) is 43.5 Å². The minimum absolute atomic E-state index is 0.153. The summed E-state index contributed by atoms with van der Waals surface area (Å²) in [7, 11) is 0. The van der Waals surface area contributed by atoms with E-state index < -0.39 is 6.10 Å². The molecule has 1 amide bonds. The average Bonchev–Trinajstić information content (AvgIpc) is 2.31. The molecule has 0 heterocycles. The smallest absolute Gasteiger partial charge is 0.260 e. The number of nitrogens with one attached hydrogen (secondary N) is 1. The largest absolute Gasteiger partial charge is 0.481 e. The predicted octanol–water partition coefficient (Wildman–Crippen LogP) is 2.76. The fourth-order valence-corrected chi connectivity index (χ4v) is 1.40. The van der Waals surface area contributed by atoms with Gasteiger partial charge < -0.3 is 10.1 Å². The van der Waals surface area contributed by atoms with Gasteiger partial charge in [0.2, 0.25) is 0 Å². The number of carbonyl (C=O) groups excluding carboxylic acids is 1. The van der Waals surface area contributed by atoms with Crippen molar-refractivity contribution in [2.45, 2.75) is 33.3 Å². The molecule has 0 aliphatic heterocycles. The van der Waals surface area contributed by atoms with Crippen molar-refractivity contribution in [1.82, 2.24) is 5.32 Å². The number of rotatable bonds is 6. The van der Waals surface area contributed by atoms with Gasteiger partial charge in [-0.15, -0.1) is 0 Å². The zero-order valence-electron chi connectivity index (χ0n) is 11.1. The molecule has 0 radical (unpaired) electrons. The number of carbonyl (C=O) groups is 1. The number of halogens is 1. The van der Waals surface area contributed by atoms with Gasteiger partial charge in [0, 0.05) is 6.54 Å². The summed E-state index contributed by atoms with van der Waals surface area (Å²) in [6, 6.07) is 5.62. The van der Waals surface area contributed by atoms with Gasteiger partial charge >= 0.3 is 0 Å². The molecule has 1 aromatic rings. The molecule has 1 rings (SSSR count). The van der Waals surface area contributed by atoms with Crippen LogP contribution in [0.1, 0.15) is 27.2 Å². The molecule has 0 aromatic heterocycles. The lowest BCUT2D eigenvalue weighted by molar-refractivity contribution is -0.127. The van der Waals surface area contributed by atoms with E-state index in [4.69, 9.17) is 4.74 Å². The lowest BCUT2D eigenvalue weighted by Gasteiger charge is -2.15. The van der Waals surface area contributed by atoms with Crippen molar-refractivity contribution in [2.75, 3.05) is 6.54 Å². The summed E-state index contributed by atoms with van der Waals surface area (Å²) >= 11 is 0. The van der Waals surface area contributed by atoms with E-state index in [1.165, 1.54) is 24.3 Å². The fraction of sp³-hybridized carbons (Fsp3) is 0.500. The van der Waals surface area contributed by atoms with E-state index in [-0.39, 0.29) is 11.7 Å². The zero-order valence-corrected chi connectivity index (χ0v) is 11.1. The van der Waals surface area contributed by atoms with Gasteiger partial charge in [-0.3, -0.25) is 4.79 Å². The average molecular weight is 253 g/mol. The van der Waals surface area contributed by atoms with E-state index in [9.17, 15) is 9.18 Å². The summed E-state index contributed by atoms with van der Waals surface area (Å²) < 4.78 is 18.1. The third-order valence-corrected chi connectivity index (χ3v) is 2.52. The van der Waals surface area contributed by atoms with Crippen molar-refractivity contribution < 1.29 is 13.9 Å². The number of amides is 1. The van der Waals surface area contributed by atoms with E-state index in [0.717, 1.165) is 6.42 Å². The molecule has 0 aliphatic carbocycles. The molecule has 0 fully saturated rings. The van der Waals surface area contributed by atoms with Crippen LogP contribution >= 0.6 is 0 Å². The van der Waals surface area contributed by atoms with Crippen LogP contribution in [0.3, 0.4) is 0 Å². The maximum Gasteiger partial charge on any atom is 0.260 e. The second-order valence-electron chi connectivity index (χ2n) is 4.69. The van der Waals surface area contributed by atoms with E-state index in [0.29, 0.717) is 18.2 Å². The monoisotopic (exact) mass is 253 g/mol. The number of hydrogen-bond donors (Lipinski definition) is 1. The molecule has 0 unspecified atom stereocenters. The topological polar surface area (TPSA) is 38.3 Å². The molecule has 0 aliphatic rings. The van der Waals surface area contributed by atoms with Crippen molar-refractivity contribution in [3.63, 3.8) is 0 Å². The Kier molecular flexibility index (Phi) is 5.62. The molecule has 0 bridgehead atoms. The number of benzene rings is 1. The molecule has 100 valence electrons. The van der Waals surface area contributed by atoms with Crippen molar-refractivity contribution >= 4 is 5.91 Å². The third-order valence-electron chi connectivity index (χ3n) is 2.52. The Bertz CT molecular complexity index is 376. The van der Waals surface area contributed by atoms with Crippen LogP contribution in [0.4, 0.5) is 4.39 Å². The molecule has 3 nitrogen and oxygen atoms in total. The summed E-state index contributed by atoms with van der Waals surface area (Å²) in [4.78, 5) is 11.7. The van der Waals surface area contributed by atoms with Crippen molar-refractivity contribution in [3.8, 4) is 5.75 Å². The first-order valence-corrected chi connectivity index (χ1v) is 6.19. The maximum absolute atomic E-state index is 12.7. The second-order valence-corrected chi connectivity index (χ2v) is 4.69. The standard InChI is InChI=1S/C14H20FNO2/c1-10(2)8-9-16-14(17)11(3)18-13-6-4-12(15)5-7-13/h4-7,10-11H,8-9H2,1-3H3,(H,16,17)/t11-/m1/s1. The highest BCUT2D eigenvalue weighted by molar-refractivity contribution is 5.80. The van der Waals surface area contributed by atoms with Gasteiger partial charge in [0.05, 0.1) is 0 Å². The van der Waals surface area contributed by atoms with Crippen LogP contribution in [0, 0.1) is 11.7 Å². The van der Waals surface area contributed by atoms with E-state index in [1.54, 1.807) is 6.92 Å². The second kappa shape index (κ2) is 6.99. The van der Waals surface area contributed by atoms with E-state index in [2.05, 4.69) is 19.2 Å². The number of ether oxygens (including phenoxy) is 1. The summed E-state index contributed by atoms with van der Waals surface area (Å²) in [5.74, 6) is 0.567. The molecule has 0 spiro atoms. The van der Waals surface area contributed by atoms with E-state index >= 15 is 0 Å². The lowest BCUT2D eigenvalue weighted by atomic mass is 10.1. The molecular weight excluding hydrogens is 233 g/mol. The maximum atomic E-state index is 12.7. The first-order valence-electron chi connectivity index (χ1n) is 6.19. The number of hydrogen-bond acceptors (Lipinski definition) is 2. The van der Waals surface area contributed by atoms with Gasteiger partial charge in [-0.1, -0.05) is 13.8 Å². The van der Waals surface area contributed by atoms with Gasteiger partial charge in [-0.25, -0.2) is 4.39 Å². The highest BCUT2D eigenvalue weighted by Gasteiger charge is 2.13. The molecule has 1 aromatic carbocycles. The highest BCUT2D eigenvalue weighted by Crippen LogP contribution is 2.13. The lowest BCUT2D eigenvalue weighted by Crippen LogP contribution is -2.37. The van der Waals surface area contributed by atoms with E-state index in [1.807, 2.05) is 0 Å². The first-order chi connectivity index (χ1) is 8.49. The Morgan fingerprint density at radius 2 is 1.89 bits per heavy atom. The predicted molar refractivity (Wildman–Crippen MR) is 69.0 cm³/mol. The molecule has 0 saturated heterocycles. The summed E-state index contributed by atoms with van der Waals surface area (Å²) in [5, 5.41) is 2.81. The molecule has 18 heavy (non-hydrogen) atoms. The zero-order chi connectivity index (χ0) is 13.5. The van der Waals surface area contributed by atoms with Gasteiger partial charge in [-0.2, -0.15) is 0 Å². The van der Waals surface area contributed by atoms with Crippen LogP contribution in [-0.2, 0) is 4.79 Å². The molecule has 1 atom stereocenters. The minimum Gasteiger partial charge on any atom is -0.481 e. The van der Waals surface area contributed by atoms with Crippen LogP contribution in [0.2, 0.25) is 0 Å². The quantitative estimate of drug-likeness (QED) is 0.846. The Morgan fingerprint density at radius 1 is 1.28 bits per heavy atom. The summed E-state index contributed by atoms with van der Waals surface area (Å²) in [6.07, 6.45) is 0.359. The minimum atomic E-state index is -0.581. The molecule has 4 heteroatoms. The normalized spacial score (nSPS) is 12.3.